The third-order valence-corrected chi connectivity index (χ3v) is 5.99. The quantitative estimate of drug-likeness (QED) is 0.688. The molecule has 2 N–H and O–H groups in total. The second kappa shape index (κ2) is 7.04. The number of carbonyl (C=O) groups excluding carboxylic acids is 1. The molecule has 4 rings (SSSR count). The summed E-state index contributed by atoms with van der Waals surface area (Å²) in [5.41, 5.74) is 1.32. The molecular weight excluding hydrogens is 360 g/mol. The standard InChI is InChI=1S/C21H20N2O3S/c24-21(22-17-12-13-17)14-15-8-10-18(11-9-15)23-27(25,26)20-7-3-5-16-4-1-2-6-19(16)20/h1-11,17,23H,12-14H2,(H,22,24). The summed E-state index contributed by atoms with van der Waals surface area (Å²) in [6, 6.07) is 19.8. The van der Waals surface area contributed by atoms with Crippen LogP contribution < -0.4 is 10.0 Å². The molecule has 0 atom stereocenters. The second-order valence-corrected chi connectivity index (χ2v) is 8.45. The van der Waals surface area contributed by atoms with Crippen molar-refractivity contribution >= 4 is 32.4 Å². The van der Waals surface area contributed by atoms with Gasteiger partial charge in [-0.05, 0) is 42.0 Å². The molecule has 6 heteroatoms. The molecule has 0 unspecified atom stereocenters. The van der Waals surface area contributed by atoms with E-state index in [1.807, 2.05) is 24.3 Å². The molecule has 3 aromatic carbocycles. The molecule has 0 radical (unpaired) electrons. The van der Waals surface area contributed by atoms with E-state index < -0.39 is 10.0 Å². The maximum absolute atomic E-state index is 12.8. The van der Waals surface area contributed by atoms with Gasteiger partial charge >= 0.3 is 0 Å². The van der Waals surface area contributed by atoms with E-state index in [0.29, 0.717) is 23.5 Å². The molecule has 0 spiro atoms. The summed E-state index contributed by atoms with van der Waals surface area (Å²) in [7, 11) is -3.71. The highest BCUT2D eigenvalue weighted by Crippen LogP contribution is 2.25. The largest absolute Gasteiger partial charge is 0.353 e. The van der Waals surface area contributed by atoms with Gasteiger partial charge in [-0.2, -0.15) is 0 Å². The average Bonchev–Trinajstić information content (AvgIpc) is 3.46. The molecule has 1 fully saturated rings. The van der Waals surface area contributed by atoms with Gasteiger partial charge in [0, 0.05) is 17.1 Å². The summed E-state index contributed by atoms with van der Waals surface area (Å²) in [5.74, 6) is 0.00147. The van der Waals surface area contributed by atoms with Gasteiger partial charge < -0.3 is 5.32 Å². The number of fused-ring (bicyclic) bond motifs is 1. The third kappa shape index (κ3) is 4.11. The fourth-order valence-electron chi connectivity index (χ4n) is 3.02. The first-order valence-corrected chi connectivity index (χ1v) is 10.4. The van der Waals surface area contributed by atoms with Gasteiger partial charge in [-0.25, -0.2) is 8.42 Å². The van der Waals surface area contributed by atoms with Crippen LogP contribution in [0.5, 0.6) is 0 Å². The lowest BCUT2D eigenvalue weighted by Gasteiger charge is -2.11. The van der Waals surface area contributed by atoms with Crippen molar-refractivity contribution in [2.75, 3.05) is 4.72 Å². The molecule has 27 heavy (non-hydrogen) atoms. The molecule has 5 nitrogen and oxygen atoms in total. The Hall–Kier alpha value is -2.86. The summed E-state index contributed by atoms with van der Waals surface area (Å²) in [6.07, 6.45) is 2.41. The van der Waals surface area contributed by atoms with Gasteiger partial charge in [0.15, 0.2) is 0 Å². The number of carbonyl (C=O) groups is 1. The fraction of sp³-hybridized carbons (Fsp3) is 0.190. The Morgan fingerprint density at radius 1 is 0.926 bits per heavy atom. The zero-order chi connectivity index (χ0) is 18.9. The van der Waals surface area contributed by atoms with E-state index in [-0.39, 0.29) is 10.8 Å². The van der Waals surface area contributed by atoms with Crippen LogP contribution in [0.25, 0.3) is 10.8 Å². The van der Waals surface area contributed by atoms with Gasteiger partial charge in [-0.15, -0.1) is 0 Å². The highest BCUT2D eigenvalue weighted by Gasteiger charge is 2.23. The zero-order valence-electron chi connectivity index (χ0n) is 14.7. The Bertz CT molecular complexity index is 1080. The van der Waals surface area contributed by atoms with E-state index in [1.54, 1.807) is 42.5 Å². The number of hydrogen-bond donors (Lipinski definition) is 2. The summed E-state index contributed by atoms with van der Waals surface area (Å²) in [5, 5.41) is 4.50. The van der Waals surface area contributed by atoms with Crippen LogP contribution in [0.15, 0.2) is 71.6 Å². The van der Waals surface area contributed by atoms with Gasteiger partial charge in [0.1, 0.15) is 0 Å². The van der Waals surface area contributed by atoms with Gasteiger partial charge in [0.05, 0.1) is 11.3 Å². The number of benzene rings is 3. The minimum Gasteiger partial charge on any atom is -0.353 e. The number of sulfonamides is 1. The lowest BCUT2D eigenvalue weighted by Crippen LogP contribution is -2.26. The molecule has 0 saturated heterocycles. The molecule has 0 aliphatic heterocycles. The maximum Gasteiger partial charge on any atom is 0.262 e. The van der Waals surface area contributed by atoms with Gasteiger partial charge in [-0.1, -0.05) is 48.5 Å². The van der Waals surface area contributed by atoms with Crippen LogP contribution >= 0.6 is 0 Å². The van der Waals surface area contributed by atoms with Crippen molar-refractivity contribution in [3.63, 3.8) is 0 Å². The summed E-state index contributed by atoms with van der Waals surface area (Å²) in [6.45, 7) is 0. The Morgan fingerprint density at radius 3 is 2.37 bits per heavy atom. The molecular formula is C21H20N2O3S. The highest BCUT2D eigenvalue weighted by molar-refractivity contribution is 7.93. The van der Waals surface area contributed by atoms with Crippen LogP contribution in [0.4, 0.5) is 5.69 Å². The summed E-state index contributed by atoms with van der Waals surface area (Å²) < 4.78 is 28.3. The van der Waals surface area contributed by atoms with Crippen LogP contribution in [0.2, 0.25) is 0 Å². The third-order valence-electron chi connectivity index (χ3n) is 4.55. The summed E-state index contributed by atoms with van der Waals surface area (Å²) >= 11 is 0. The van der Waals surface area contributed by atoms with Gasteiger partial charge in [-0.3, -0.25) is 9.52 Å². The number of rotatable bonds is 6. The molecule has 3 aromatic rings. The number of nitrogens with one attached hydrogen (secondary N) is 2. The Balaban J connectivity index is 1.51. The van der Waals surface area contributed by atoms with Crippen molar-refractivity contribution in [3.05, 3.63) is 72.3 Å². The fourth-order valence-corrected chi connectivity index (χ4v) is 4.31. The Morgan fingerprint density at radius 2 is 1.63 bits per heavy atom. The van der Waals surface area contributed by atoms with Crippen molar-refractivity contribution in [1.82, 2.24) is 5.32 Å². The van der Waals surface area contributed by atoms with Crippen LogP contribution in [0.3, 0.4) is 0 Å². The van der Waals surface area contributed by atoms with Crippen LogP contribution in [0.1, 0.15) is 18.4 Å². The number of hydrogen-bond acceptors (Lipinski definition) is 3. The molecule has 1 aliphatic carbocycles. The maximum atomic E-state index is 12.8. The van der Waals surface area contributed by atoms with Gasteiger partial charge in [0.2, 0.25) is 5.91 Å². The lowest BCUT2D eigenvalue weighted by atomic mass is 10.1. The molecule has 0 heterocycles. The van der Waals surface area contributed by atoms with E-state index in [2.05, 4.69) is 10.0 Å². The van der Waals surface area contributed by atoms with Crippen LogP contribution in [-0.2, 0) is 21.2 Å². The summed E-state index contributed by atoms with van der Waals surface area (Å²) in [4.78, 5) is 12.1. The Kier molecular flexibility index (Phi) is 4.58. The van der Waals surface area contributed by atoms with E-state index in [1.165, 1.54) is 0 Å². The number of anilines is 1. The van der Waals surface area contributed by atoms with E-state index in [9.17, 15) is 13.2 Å². The smallest absolute Gasteiger partial charge is 0.262 e. The molecule has 1 aliphatic rings. The predicted molar refractivity (Wildman–Crippen MR) is 106 cm³/mol. The SMILES string of the molecule is O=C(Cc1ccc(NS(=O)(=O)c2cccc3ccccc23)cc1)NC1CC1. The van der Waals surface area contributed by atoms with E-state index in [0.717, 1.165) is 23.8 Å². The first-order valence-electron chi connectivity index (χ1n) is 8.90. The van der Waals surface area contributed by atoms with Crippen molar-refractivity contribution < 1.29 is 13.2 Å². The van der Waals surface area contributed by atoms with Crippen molar-refractivity contribution in [2.45, 2.75) is 30.2 Å². The first-order chi connectivity index (χ1) is 13.0. The lowest BCUT2D eigenvalue weighted by molar-refractivity contribution is -0.120. The van der Waals surface area contributed by atoms with Gasteiger partial charge in [0.25, 0.3) is 10.0 Å². The van der Waals surface area contributed by atoms with E-state index >= 15 is 0 Å². The Labute approximate surface area is 158 Å². The second-order valence-electron chi connectivity index (χ2n) is 6.80. The normalized spacial score (nSPS) is 14.1. The minimum atomic E-state index is -3.71. The molecule has 1 amide bonds. The van der Waals surface area contributed by atoms with Crippen molar-refractivity contribution in [2.24, 2.45) is 0 Å². The first kappa shape index (κ1) is 17.5. The topological polar surface area (TPSA) is 75.3 Å². The molecule has 0 aromatic heterocycles. The van der Waals surface area contributed by atoms with Crippen LogP contribution in [0, 0.1) is 0 Å². The highest BCUT2D eigenvalue weighted by atomic mass is 32.2. The van der Waals surface area contributed by atoms with Crippen molar-refractivity contribution in [3.8, 4) is 0 Å². The van der Waals surface area contributed by atoms with E-state index in [4.69, 9.17) is 0 Å². The predicted octanol–water partition coefficient (Wildman–Crippen LogP) is 3.46. The molecule has 138 valence electrons. The molecule has 0 bridgehead atoms. The van der Waals surface area contributed by atoms with Crippen molar-refractivity contribution in [1.29, 1.82) is 0 Å². The number of amides is 1. The average molecular weight is 380 g/mol. The minimum absolute atomic E-state index is 0.00147. The van der Waals surface area contributed by atoms with Crippen LogP contribution in [-0.4, -0.2) is 20.4 Å². The zero-order valence-corrected chi connectivity index (χ0v) is 15.5. The monoisotopic (exact) mass is 380 g/mol. The molecule has 1 saturated carbocycles.